The van der Waals surface area contributed by atoms with E-state index in [2.05, 4.69) is 27.1 Å². The number of nitrogens with two attached hydrogens (primary N) is 1. The molecule has 0 saturated carbocycles. The summed E-state index contributed by atoms with van der Waals surface area (Å²) in [7, 11) is 0. The lowest BCUT2D eigenvalue weighted by Gasteiger charge is -2.17. The average Bonchev–Trinajstić information content (AvgIpc) is 2.94. The Kier molecular flexibility index (Phi) is 2.86. The van der Waals surface area contributed by atoms with E-state index < -0.39 is 0 Å². The summed E-state index contributed by atoms with van der Waals surface area (Å²) >= 11 is 0. The largest absolute Gasteiger partial charge is 0.382 e. The summed E-state index contributed by atoms with van der Waals surface area (Å²) in [6.07, 6.45) is 3.49. The minimum absolute atomic E-state index is 0.144. The van der Waals surface area contributed by atoms with E-state index in [0.29, 0.717) is 17.0 Å². The van der Waals surface area contributed by atoms with Gasteiger partial charge in [0.05, 0.1) is 12.4 Å². The second-order valence-electron chi connectivity index (χ2n) is 4.76. The van der Waals surface area contributed by atoms with Gasteiger partial charge in [-0.1, -0.05) is 12.1 Å². The van der Waals surface area contributed by atoms with Gasteiger partial charge in [0.15, 0.2) is 11.5 Å². The van der Waals surface area contributed by atoms with Gasteiger partial charge < -0.3 is 10.5 Å². The lowest BCUT2D eigenvalue weighted by atomic mass is 10.1. The molecule has 3 atom stereocenters. The van der Waals surface area contributed by atoms with Crippen LogP contribution in [0, 0.1) is 10.8 Å². The fourth-order valence-corrected chi connectivity index (χ4v) is 2.51. The highest BCUT2D eigenvalue weighted by Crippen LogP contribution is 2.35. The van der Waals surface area contributed by atoms with Crippen molar-refractivity contribution in [3.05, 3.63) is 17.6 Å². The Bertz CT molecular complexity index is 612. The van der Waals surface area contributed by atoms with Crippen molar-refractivity contribution in [1.29, 1.82) is 0 Å². The SMILES string of the molecule is CC1CC(CN=O)OC1n1cnc2c(N)ncnc21. The molecule has 0 aliphatic carbocycles. The lowest BCUT2D eigenvalue weighted by molar-refractivity contribution is -0.00388. The van der Waals surface area contributed by atoms with Crippen LogP contribution in [0.4, 0.5) is 5.82 Å². The molecule has 100 valence electrons. The van der Waals surface area contributed by atoms with Crippen molar-refractivity contribution in [3.8, 4) is 0 Å². The standard InChI is InChI=1S/C11H14N6O2/c1-6-2-7(3-16-18)19-11(6)17-5-15-8-9(12)13-4-14-10(8)17/h4-7,11H,2-3H2,1H3,(H2,12,13,14). The van der Waals surface area contributed by atoms with Gasteiger partial charge in [0, 0.05) is 5.92 Å². The molecule has 0 aromatic carbocycles. The first-order valence-electron chi connectivity index (χ1n) is 6.08. The number of ether oxygens (including phenoxy) is 1. The molecule has 2 aromatic rings. The normalized spacial score (nSPS) is 26.9. The van der Waals surface area contributed by atoms with Gasteiger partial charge in [0.2, 0.25) is 0 Å². The predicted octanol–water partition coefficient (Wildman–Crippen LogP) is 1.10. The molecule has 1 aliphatic rings. The van der Waals surface area contributed by atoms with Crippen molar-refractivity contribution in [1.82, 2.24) is 19.5 Å². The fourth-order valence-electron chi connectivity index (χ4n) is 2.51. The molecule has 8 heteroatoms. The highest BCUT2D eigenvalue weighted by atomic mass is 16.5. The van der Waals surface area contributed by atoms with Crippen molar-refractivity contribution in [2.75, 3.05) is 12.3 Å². The first kappa shape index (κ1) is 12.0. The van der Waals surface area contributed by atoms with E-state index in [1.54, 1.807) is 6.33 Å². The Hall–Kier alpha value is -2.09. The van der Waals surface area contributed by atoms with Crippen LogP contribution in [0.1, 0.15) is 19.6 Å². The van der Waals surface area contributed by atoms with Crippen LogP contribution >= 0.6 is 0 Å². The number of anilines is 1. The van der Waals surface area contributed by atoms with Gasteiger partial charge in [-0.15, -0.1) is 0 Å². The molecule has 0 bridgehead atoms. The quantitative estimate of drug-likeness (QED) is 0.829. The summed E-state index contributed by atoms with van der Waals surface area (Å²) in [5, 5.41) is 2.90. The number of hydrogen-bond donors (Lipinski definition) is 1. The third-order valence-electron chi connectivity index (χ3n) is 3.39. The van der Waals surface area contributed by atoms with E-state index >= 15 is 0 Å². The zero-order valence-corrected chi connectivity index (χ0v) is 10.4. The predicted molar refractivity (Wildman–Crippen MR) is 68.1 cm³/mol. The monoisotopic (exact) mass is 262 g/mol. The number of fused-ring (bicyclic) bond motifs is 1. The van der Waals surface area contributed by atoms with Crippen LogP contribution in [0.15, 0.2) is 17.8 Å². The Morgan fingerprint density at radius 2 is 2.37 bits per heavy atom. The van der Waals surface area contributed by atoms with E-state index in [1.165, 1.54) is 6.33 Å². The van der Waals surface area contributed by atoms with Gasteiger partial charge in [-0.05, 0) is 6.42 Å². The Morgan fingerprint density at radius 1 is 1.53 bits per heavy atom. The first-order chi connectivity index (χ1) is 9.20. The zero-order chi connectivity index (χ0) is 13.4. The van der Waals surface area contributed by atoms with Crippen LogP contribution in [0.2, 0.25) is 0 Å². The summed E-state index contributed by atoms with van der Waals surface area (Å²) in [5.41, 5.74) is 6.96. The molecular formula is C11H14N6O2. The molecule has 1 saturated heterocycles. The maximum atomic E-state index is 10.3. The van der Waals surface area contributed by atoms with Crippen LogP contribution in [0.25, 0.3) is 11.2 Å². The number of rotatable bonds is 3. The smallest absolute Gasteiger partial charge is 0.167 e. The molecule has 1 fully saturated rings. The van der Waals surface area contributed by atoms with Gasteiger partial charge in [0.25, 0.3) is 0 Å². The average molecular weight is 262 g/mol. The van der Waals surface area contributed by atoms with Gasteiger partial charge in [-0.3, -0.25) is 4.57 Å². The molecule has 0 spiro atoms. The highest BCUT2D eigenvalue weighted by Gasteiger charge is 2.34. The fraction of sp³-hybridized carbons (Fsp3) is 0.545. The van der Waals surface area contributed by atoms with E-state index in [-0.39, 0.29) is 24.8 Å². The van der Waals surface area contributed by atoms with Crippen LogP contribution in [-0.2, 0) is 4.74 Å². The summed E-state index contributed by atoms with van der Waals surface area (Å²) in [4.78, 5) is 22.6. The van der Waals surface area contributed by atoms with Crippen LogP contribution in [-0.4, -0.2) is 32.2 Å². The molecule has 19 heavy (non-hydrogen) atoms. The van der Waals surface area contributed by atoms with Crippen LogP contribution < -0.4 is 5.73 Å². The third kappa shape index (κ3) is 1.93. The van der Waals surface area contributed by atoms with Crippen LogP contribution in [0.3, 0.4) is 0 Å². The first-order valence-corrected chi connectivity index (χ1v) is 6.08. The summed E-state index contributed by atoms with van der Waals surface area (Å²) in [6, 6.07) is 0. The number of hydrogen-bond acceptors (Lipinski definition) is 7. The van der Waals surface area contributed by atoms with E-state index in [0.717, 1.165) is 6.42 Å². The van der Waals surface area contributed by atoms with Gasteiger partial charge in [-0.25, -0.2) is 15.0 Å². The summed E-state index contributed by atoms with van der Waals surface area (Å²) in [6.45, 7) is 2.23. The molecule has 3 unspecified atom stereocenters. The second-order valence-corrected chi connectivity index (χ2v) is 4.76. The third-order valence-corrected chi connectivity index (χ3v) is 3.39. The Balaban J connectivity index is 1.96. The van der Waals surface area contributed by atoms with Crippen molar-refractivity contribution < 1.29 is 4.74 Å². The maximum Gasteiger partial charge on any atom is 0.167 e. The minimum Gasteiger partial charge on any atom is -0.382 e. The lowest BCUT2D eigenvalue weighted by Crippen LogP contribution is -2.15. The minimum atomic E-state index is -0.203. The Labute approximate surface area is 109 Å². The molecule has 8 nitrogen and oxygen atoms in total. The van der Waals surface area contributed by atoms with Gasteiger partial charge >= 0.3 is 0 Å². The molecule has 0 radical (unpaired) electrons. The molecule has 0 amide bonds. The topological polar surface area (TPSA) is 108 Å². The molecule has 2 N–H and O–H groups in total. The van der Waals surface area contributed by atoms with E-state index in [1.807, 2.05) is 4.57 Å². The van der Waals surface area contributed by atoms with E-state index in [4.69, 9.17) is 10.5 Å². The van der Waals surface area contributed by atoms with Gasteiger partial charge in [-0.2, -0.15) is 4.91 Å². The molecule has 3 rings (SSSR count). The Morgan fingerprint density at radius 3 is 3.16 bits per heavy atom. The number of imidazole rings is 1. The zero-order valence-electron chi connectivity index (χ0n) is 10.4. The summed E-state index contributed by atoms with van der Waals surface area (Å²) < 4.78 is 7.67. The number of nitroso groups, excluding NO2 is 1. The highest BCUT2D eigenvalue weighted by molar-refractivity contribution is 5.81. The van der Waals surface area contributed by atoms with Crippen molar-refractivity contribution >= 4 is 17.0 Å². The van der Waals surface area contributed by atoms with Gasteiger partial charge in [0.1, 0.15) is 24.6 Å². The number of aromatic nitrogens is 4. The second kappa shape index (κ2) is 4.54. The number of nitrogen functional groups attached to an aromatic ring is 1. The molecule has 3 heterocycles. The van der Waals surface area contributed by atoms with Crippen LogP contribution in [0.5, 0.6) is 0 Å². The molecule has 2 aromatic heterocycles. The van der Waals surface area contributed by atoms with E-state index in [9.17, 15) is 4.91 Å². The van der Waals surface area contributed by atoms with Crippen molar-refractivity contribution in [3.63, 3.8) is 0 Å². The van der Waals surface area contributed by atoms with Crippen molar-refractivity contribution in [2.24, 2.45) is 11.1 Å². The molecule has 1 aliphatic heterocycles. The molecular weight excluding hydrogens is 248 g/mol. The van der Waals surface area contributed by atoms with Crippen molar-refractivity contribution in [2.45, 2.75) is 25.7 Å². The summed E-state index contributed by atoms with van der Waals surface area (Å²) in [5.74, 6) is 0.598. The maximum absolute atomic E-state index is 10.3. The number of nitrogens with zero attached hydrogens (tertiary/aromatic N) is 5.